The molecule has 1 aliphatic carbocycles. The van der Waals surface area contributed by atoms with Gasteiger partial charge >= 0.3 is 0 Å². The van der Waals surface area contributed by atoms with E-state index in [1.807, 2.05) is 0 Å². The summed E-state index contributed by atoms with van der Waals surface area (Å²) in [6.45, 7) is 2.11. The fourth-order valence-corrected chi connectivity index (χ4v) is 6.00. The van der Waals surface area contributed by atoms with Crippen LogP contribution in [0.15, 0.2) is 14.5 Å². The van der Waals surface area contributed by atoms with Crippen molar-refractivity contribution < 1.29 is 0 Å². The van der Waals surface area contributed by atoms with Gasteiger partial charge in [-0.25, -0.2) is 9.97 Å². The van der Waals surface area contributed by atoms with E-state index in [1.165, 1.54) is 23.3 Å². The fraction of sp³-hybridized carbons (Fsp3) is 0.438. The molecule has 0 fully saturated rings. The Bertz CT molecular complexity index is 909. The Morgan fingerprint density at radius 2 is 2.17 bits per heavy atom. The van der Waals surface area contributed by atoms with Gasteiger partial charge in [-0.15, -0.1) is 22.7 Å². The molecule has 1 N–H and O–H groups in total. The Morgan fingerprint density at radius 3 is 3.00 bits per heavy atom. The molecule has 7 heteroatoms. The van der Waals surface area contributed by atoms with Gasteiger partial charge in [-0.2, -0.15) is 0 Å². The highest BCUT2D eigenvalue weighted by atomic mass is 32.2. The van der Waals surface area contributed by atoms with Crippen LogP contribution in [-0.4, -0.2) is 15.0 Å². The zero-order valence-electron chi connectivity index (χ0n) is 12.8. The Balaban J connectivity index is 1.62. The zero-order valence-corrected chi connectivity index (χ0v) is 15.3. The molecule has 0 saturated heterocycles. The lowest BCUT2D eigenvalue weighted by Gasteiger charge is -2.09. The Morgan fingerprint density at radius 1 is 1.30 bits per heavy atom. The van der Waals surface area contributed by atoms with Crippen molar-refractivity contribution in [1.82, 2.24) is 15.0 Å². The van der Waals surface area contributed by atoms with Gasteiger partial charge in [0.25, 0.3) is 5.56 Å². The third-order valence-electron chi connectivity index (χ3n) is 4.10. The summed E-state index contributed by atoms with van der Waals surface area (Å²) < 4.78 is 1.04. The van der Waals surface area contributed by atoms with Gasteiger partial charge in [0.2, 0.25) is 0 Å². The highest BCUT2D eigenvalue weighted by Crippen LogP contribution is 2.34. The van der Waals surface area contributed by atoms with Crippen LogP contribution in [0.3, 0.4) is 0 Å². The molecule has 1 aliphatic rings. The Kier molecular flexibility index (Phi) is 4.26. The van der Waals surface area contributed by atoms with E-state index in [0.717, 1.165) is 45.3 Å². The smallest absolute Gasteiger partial charge is 0.259 e. The first-order valence-electron chi connectivity index (χ1n) is 7.85. The number of H-pyrrole nitrogens is 1. The number of aromatic amines is 1. The number of thiazole rings is 1. The van der Waals surface area contributed by atoms with Crippen LogP contribution in [0, 0.1) is 0 Å². The number of hydrogen-bond acceptors (Lipinski definition) is 6. The van der Waals surface area contributed by atoms with Crippen LogP contribution >= 0.6 is 34.4 Å². The quantitative estimate of drug-likeness (QED) is 0.707. The first-order valence-corrected chi connectivity index (χ1v) is 10.5. The summed E-state index contributed by atoms with van der Waals surface area (Å²) in [7, 11) is 0. The maximum atomic E-state index is 12.5. The average Bonchev–Trinajstić information content (AvgIpc) is 3.16. The van der Waals surface area contributed by atoms with Crippen LogP contribution in [0.5, 0.6) is 0 Å². The summed E-state index contributed by atoms with van der Waals surface area (Å²) in [5, 5.41) is 2.93. The number of thioether (sulfide) groups is 1. The minimum atomic E-state index is 0.0263. The number of rotatable bonds is 4. The van der Waals surface area contributed by atoms with Crippen molar-refractivity contribution in [3.05, 3.63) is 37.7 Å². The molecule has 0 atom stereocenters. The molecule has 0 bridgehead atoms. The SMILES string of the molecule is CCc1csc(SCc2nc3sc4c(c3c(=O)[nH]2)CCCC4)n1. The number of hydrogen-bond donors (Lipinski definition) is 1. The first kappa shape index (κ1) is 15.4. The van der Waals surface area contributed by atoms with Gasteiger partial charge in [0, 0.05) is 10.3 Å². The van der Waals surface area contributed by atoms with Gasteiger partial charge < -0.3 is 4.98 Å². The molecule has 0 saturated carbocycles. The second kappa shape index (κ2) is 6.37. The summed E-state index contributed by atoms with van der Waals surface area (Å²) >= 11 is 5.00. The van der Waals surface area contributed by atoms with Crippen molar-refractivity contribution in [2.45, 2.75) is 49.1 Å². The fourth-order valence-electron chi connectivity index (χ4n) is 2.92. The van der Waals surface area contributed by atoms with Crippen LogP contribution in [0.25, 0.3) is 10.2 Å². The minimum Gasteiger partial charge on any atom is -0.309 e. The molecule has 3 aromatic heterocycles. The van der Waals surface area contributed by atoms with E-state index in [2.05, 4.69) is 22.3 Å². The van der Waals surface area contributed by atoms with Gasteiger partial charge in [0.05, 0.1) is 16.8 Å². The molecule has 4 rings (SSSR count). The molecule has 0 aliphatic heterocycles. The van der Waals surface area contributed by atoms with Crippen molar-refractivity contribution >= 4 is 44.7 Å². The lowest BCUT2D eigenvalue weighted by Crippen LogP contribution is -2.12. The van der Waals surface area contributed by atoms with E-state index in [-0.39, 0.29) is 5.56 Å². The molecular formula is C16H17N3OS3. The highest BCUT2D eigenvalue weighted by molar-refractivity contribution is 8.00. The average molecular weight is 364 g/mol. The topological polar surface area (TPSA) is 58.6 Å². The van der Waals surface area contributed by atoms with E-state index >= 15 is 0 Å². The van der Waals surface area contributed by atoms with Crippen LogP contribution in [0.4, 0.5) is 0 Å². The van der Waals surface area contributed by atoms with E-state index in [0.29, 0.717) is 5.75 Å². The van der Waals surface area contributed by atoms with E-state index in [1.54, 1.807) is 34.4 Å². The molecule has 0 radical (unpaired) electrons. The summed E-state index contributed by atoms with van der Waals surface area (Å²) in [4.78, 5) is 27.0. The summed E-state index contributed by atoms with van der Waals surface area (Å²) in [6, 6.07) is 0. The number of aryl methyl sites for hydroxylation is 3. The number of nitrogens with one attached hydrogen (secondary N) is 1. The molecule has 0 aromatic carbocycles. The predicted octanol–water partition coefficient (Wildman–Crippen LogP) is 4.17. The summed E-state index contributed by atoms with van der Waals surface area (Å²) in [6.07, 6.45) is 5.48. The van der Waals surface area contributed by atoms with Gasteiger partial charge in [-0.3, -0.25) is 4.79 Å². The van der Waals surface area contributed by atoms with Crippen molar-refractivity contribution in [2.24, 2.45) is 0 Å². The molecule has 0 spiro atoms. The molecule has 120 valence electrons. The Hall–Kier alpha value is -1.18. The lowest BCUT2D eigenvalue weighted by atomic mass is 9.97. The molecule has 0 unspecified atom stereocenters. The monoisotopic (exact) mass is 363 g/mol. The molecular weight excluding hydrogens is 346 g/mol. The van der Waals surface area contributed by atoms with E-state index < -0.39 is 0 Å². The third kappa shape index (κ3) is 2.97. The second-order valence-corrected chi connectivity index (χ2v) is 8.81. The molecule has 4 nitrogen and oxygen atoms in total. The van der Waals surface area contributed by atoms with Crippen molar-refractivity contribution in [3.63, 3.8) is 0 Å². The zero-order chi connectivity index (χ0) is 15.8. The van der Waals surface area contributed by atoms with Gasteiger partial charge in [0.15, 0.2) is 4.34 Å². The summed E-state index contributed by atoms with van der Waals surface area (Å²) in [5.41, 5.74) is 2.40. The maximum Gasteiger partial charge on any atom is 0.259 e. The number of thiophene rings is 1. The standard InChI is InChI=1S/C16H17N3OS3/c1-2-9-7-21-16(17-9)22-8-12-18-14(20)13-10-5-3-4-6-11(10)23-15(13)19-12/h7H,2-6,8H2,1H3,(H,18,19,20). The largest absolute Gasteiger partial charge is 0.309 e. The van der Waals surface area contributed by atoms with Crippen molar-refractivity contribution in [1.29, 1.82) is 0 Å². The Labute approximate surface area is 146 Å². The first-order chi connectivity index (χ1) is 11.2. The maximum absolute atomic E-state index is 12.5. The minimum absolute atomic E-state index is 0.0263. The van der Waals surface area contributed by atoms with Crippen molar-refractivity contribution in [3.8, 4) is 0 Å². The number of aromatic nitrogens is 3. The van der Waals surface area contributed by atoms with Crippen LogP contribution in [-0.2, 0) is 25.0 Å². The predicted molar refractivity (Wildman–Crippen MR) is 97.9 cm³/mol. The molecule has 3 aromatic rings. The van der Waals surface area contributed by atoms with Crippen LogP contribution in [0.2, 0.25) is 0 Å². The summed E-state index contributed by atoms with van der Waals surface area (Å²) in [5.74, 6) is 1.41. The van der Waals surface area contributed by atoms with Gasteiger partial charge in [-0.05, 0) is 37.7 Å². The number of nitrogens with zero attached hydrogens (tertiary/aromatic N) is 2. The number of fused-ring (bicyclic) bond motifs is 3. The normalized spacial score (nSPS) is 14.3. The van der Waals surface area contributed by atoms with E-state index in [9.17, 15) is 4.79 Å². The van der Waals surface area contributed by atoms with Crippen molar-refractivity contribution in [2.75, 3.05) is 0 Å². The lowest BCUT2D eigenvalue weighted by molar-refractivity contribution is 0.700. The van der Waals surface area contributed by atoms with E-state index in [4.69, 9.17) is 4.98 Å². The third-order valence-corrected chi connectivity index (χ3v) is 7.37. The highest BCUT2D eigenvalue weighted by Gasteiger charge is 2.19. The van der Waals surface area contributed by atoms with Gasteiger partial charge in [0.1, 0.15) is 10.7 Å². The molecule has 0 amide bonds. The van der Waals surface area contributed by atoms with Crippen LogP contribution in [0.1, 0.15) is 41.7 Å². The molecule has 3 heterocycles. The second-order valence-electron chi connectivity index (χ2n) is 5.65. The van der Waals surface area contributed by atoms with Gasteiger partial charge in [-0.1, -0.05) is 18.7 Å². The molecule has 23 heavy (non-hydrogen) atoms. The van der Waals surface area contributed by atoms with Crippen LogP contribution < -0.4 is 5.56 Å².